The van der Waals surface area contributed by atoms with Crippen LogP contribution in [0, 0.1) is 11.8 Å². The Hall–Kier alpha value is -1.06. The maximum atomic E-state index is 12.3. The highest BCUT2D eigenvalue weighted by molar-refractivity contribution is 6.17. The van der Waals surface area contributed by atoms with Gasteiger partial charge in [0.25, 0.3) is 0 Å². The molecule has 0 radical (unpaired) electrons. The fourth-order valence-electron chi connectivity index (χ4n) is 2.85. The van der Waals surface area contributed by atoms with E-state index < -0.39 is 0 Å². The molecule has 1 fully saturated rings. The van der Waals surface area contributed by atoms with Crippen molar-refractivity contribution >= 4 is 17.5 Å². The molecular formula is C16H22ClNO2. The van der Waals surface area contributed by atoms with Crippen LogP contribution < -0.4 is 5.32 Å². The van der Waals surface area contributed by atoms with E-state index in [4.69, 9.17) is 16.3 Å². The topological polar surface area (TPSA) is 38.3 Å². The molecule has 0 aliphatic carbocycles. The van der Waals surface area contributed by atoms with Crippen molar-refractivity contribution in [2.75, 3.05) is 0 Å². The summed E-state index contributed by atoms with van der Waals surface area (Å²) in [4.78, 5) is 12.3. The van der Waals surface area contributed by atoms with Crippen molar-refractivity contribution in [3.05, 3.63) is 35.4 Å². The van der Waals surface area contributed by atoms with E-state index in [-0.39, 0.29) is 30.0 Å². The lowest BCUT2D eigenvalue weighted by atomic mass is 9.89. The molecule has 0 aromatic heterocycles. The van der Waals surface area contributed by atoms with Crippen LogP contribution >= 0.6 is 11.6 Å². The smallest absolute Gasteiger partial charge is 0.226 e. The second-order valence-electron chi connectivity index (χ2n) is 5.60. The third kappa shape index (κ3) is 3.33. The average molecular weight is 296 g/mol. The number of hydrogen-bond donors (Lipinski definition) is 1. The van der Waals surface area contributed by atoms with Gasteiger partial charge in [-0.2, -0.15) is 0 Å². The third-order valence-corrected chi connectivity index (χ3v) is 4.47. The number of hydrogen-bond acceptors (Lipinski definition) is 2. The number of carbonyl (C=O) groups is 1. The molecule has 0 bridgehead atoms. The van der Waals surface area contributed by atoms with Crippen LogP contribution in [0.1, 0.15) is 31.9 Å². The van der Waals surface area contributed by atoms with Crippen LogP contribution in [0.2, 0.25) is 0 Å². The Balaban J connectivity index is 1.95. The standard InChI is InChI=1S/C16H22ClNO2/c1-10-11(2)20-12(3)15(10)16(19)18-9-14-6-4-5-13(7-14)8-17/h4-7,10-12,15H,8-9H2,1-3H3,(H,18,19). The Labute approximate surface area is 125 Å². The summed E-state index contributed by atoms with van der Waals surface area (Å²) < 4.78 is 5.72. The van der Waals surface area contributed by atoms with Gasteiger partial charge in [0.05, 0.1) is 18.1 Å². The van der Waals surface area contributed by atoms with Crippen molar-refractivity contribution in [3.63, 3.8) is 0 Å². The van der Waals surface area contributed by atoms with Gasteiger partial charge in [-0.3, -0.25) is 4.79 Å². The molecule has 0 spiro atoms. The molecule has 1 N–H and O–H groups in total. The molecule has 4 heteroatoms. The molecule has 1 aliphatic heterocycles. The predicted octanol–water partition coefficient (Wildman–Crippen LogP) is 3.10. The van der Waals surface area contributed by atoms with Gasteiger partial charge in [-0.15, -0.1) is 11.6 Å². The summed E-state index contributed by atoms with van der Waals surface area (Å²) in [7, 11) is 0. The van der Waals surface area contributed by atoms with Gasteiger partial charge in [0.15, 0.2) is 0 Å². The first kappa shape index (κ1) is 15.3. The normalized spacial score (nSPS) is 29.4. The third-order valence-electron chi connectivity index (χ3n) is 4.16. The maximum Gasteiger partial charge on any atom is 0.226 e. The first-order valence-electron chi connectivity index (χ1n) is 7.10. The fraction of sp³-hybridized carbons (Fsp3) is 0.562. The molecular weight excluding hydrogens is 274 g/mol. The van der Waals surface area contributed by atoms with E-state index in [1.54, 1.807) is 0 Å². The zero-order valence-corrected chi connectivity index (χ0v) is 13.0. The highest BCUT2D eigenvalue weighted by Gasteiger charge is 2.41. The van der Waals surface area contributed by atoms with E-state index in [0.717, 1.165) is 11.1 Å². The van der Waals surface area contributed by atoms with Gasteiger partial charge < -0.3 is 10.1 Å². The number of rotatable bonds is 4. The summed E-state index contributed by atoms with van der Waals surface area (Å²) in [6.07, 6.45) is 0.120. The molecule has 1 amide bonds. The van der Waals surface area contributed by atoms with Crippen molar-refractivity contribution in [1.29, 1.82) is 0 Å². The van der Waals surface area contributed by atoms with E-state index >= 15 is 0 Å². The van der Waals surface area contributed by atoms with Gasteiger partial charge in [0.2, 0.25) is 5.91 Å². The highest BCUT2D eigenvalue weighted by atomic mass is 35.5. The Kier molecular flexibility index (Phi) is 5.06. The van der Waals surface area contributed by atoms with Crippen molar-refractivity contribution < 1.29 is 9.53 Å². The summed E-state index contributed by atoms with van der Waals surface area (Å²) in [6.45, 7) is 6.61. The molecule has 110 valence electrons. The minimum Gasteiger partial charge on any atom is -0.374 e. The number of halogens is 1. The molecule has 0 saturated carbocycles. The van der Waals surface area contributed by atoms with E-state index in [2.05, 4.69) is 12.2 Å². The number of benzene rings is 1. The lowest BCUT2D eigenvalue weighted by molar-refractivity contribution is -0.127. The Bertz CT molecular complexity index is 477. The number of nitrogens with one attached hydrogen (secondary N) is 1. The van der Waals surface area contributed by atoms with Crippen LogP contribution in [-0.2, 0) is 22.0 Å². The van der Waals surface area contributed by atoms with Crippen LogP contribution in [0.15, 0.2) is 24.3 Å². The van der Waals surface area contributed by atoms with E-state index in [1.807, 2.05) is 38.1 Å². The van der Waals surface area contributed by atoms with Crippen molar-refractivity contribution in [1.82, 2.24) is 5.32 Å². The van der Waals surface area contributed by atoms with Gasteiger partial charge in [0, 0.05) is 12.4 Å². The van der Waals surface area contributed by atoms with Gasteiger partial charge in [-0.1, -0.05) is 31.2 Å². The second kappa shape index (κ2) is 6.59. The Morgan fingerprint density at radius 3 is 2.55 bits per heavy atom. The van der Waals surface area contributed by atoms with Crippen LogP contribution in [0.3, 0.4) is 0 Å². The molecule has 3 nitrogen and oxygen atoms in total. The molecule has 1 heterocycles. The van der Waals surface area contributed by atoms with Crippen molar-refractivity contribution in [3.8, 4) is 0 Å². The molecule has 1 saturated heterocycles. The molecule has 20 heavy (non-hydrogen) atoms. The first-order valence-corrected chi connectivity index (χ1v) is 7.63. The second-order valence-corrected chi connectivity index (χ2v) is 5.87. The largest absolute Gasteiger partial charge is 0.374 e. The van der Waals surface area contributed by atoms with Gasteiger partial charge in [-0.25, -0.2) is 0 Å². The van der Waals surface area contributed by atoms with Crippen LogP contribution in [0.25, 0.3) is 0 Å². The van der Waals surface area contributed by atoms with Crippen molar-refractivity contribution in [2.45, 2.75) is 45.4 Å². The summed E-state index contributed by atoms with van der Waals surface area (Å²) in [5.74, 6) is 0.745. The lowest BCUT2D eigenvalue weighted by Gasteiger charge is -2.18. The van der Waals surface area contributed by atoms with E-state index in [0.29, 0.717) is 12.4 Å². The first-order chi connectivity index (χ1) is 9.52. The summed E-state index contributed by atoms with van der Waals surface area (Å²) in [5.41, 5.74) is 2.14. The Morgan fingerprint density at radius 2 is 1.95 bits per heavy atom. The zero-order chi connectivity index (χ0) is 14.7. The van der Waals surface area contributed by atoms with E-state index in [1.165, 1.54) is 0 Å². The SMILES string of the molecule is CC1OC(C)C(C(=O)NCc2cccc(CCl)c2)C1C. The summed E-state index contributed by atoms with van der Waals surface area (Å²) in [5, 5.41) is 3.01. The lowest BCUT2D eigenvalue weighted by Crippen LogP contribution is -2.36. The monoisotopic (exact) mass is 295 g/mol. The number of alkyl halides is 1. The van der Waals surface area contributed by atoms with Crippen LogP contribution in [-0.4, -0.2) is 18.1 Å². The van der Waals surface area contributed by atoms with Gasteiger partial charge in [0.1, 0.15) is 0 Å². The van der Waals surface area contributed by atoms with Gasteiger partial charge in [-0.05, 0) is 30.9 Å². The zero-order valence-electron chi connectivity index (χ0n) is 12.2. The number of ether oxygens (including phenoxy) is 1. The molecule has 4 unspecified atom stereocenters. The van der Waals surface area contributed by atoms with Crippen LogP contribution in [0.4, 0.5) is 0 Å². The average Bonchev–Trinajstić information content (AvgIpc) is 2.70. The van der Waals surface area contributed by atoms with Gasteiger partial charge >= 0.3 is 0 Å². The highest BCUT2D eigenvalue weighted by Crippen LogP contribution is 2.32. The fourth-order valence-corrected chi connectivity index (χ4v) is 3.01. The quantitative estimate of drug-likeness (QED) is 0.867. The van der Waals surface area contributed by atoms with Crippen molar-refractivity contribution in [2.24, 2.45) is 11.8 Å². The van der Waals surface area contributed by atoms with E-state index in [9.17, 15) is 4.79 Å². The minimum atomic E-state index is -0.0683. The minimum absolute atomic E-state index is 0.0193. The Morgan fingerprint density at radius 1 is 1.25 bits per heavy atom. The van der Waals surface area contributed by atoms with Crippen LogP contribution in [0.5, 0.6) is 0 Å². The molecule has 1 aromatic carbocycles. The number of carbonyl (C=O) groups excluding carboxylic acids is 1. The molecule has 1 aliphatic rings. The maximum absolute atomic E-state index is 12.3. The molecule has 1 aromatic rings. The molecule has 4 atom stereocenters. The number of amides is 1. The predicted molar refractivity (Wildman–Crippen MR) is 80.5 cm³/mol. The molecule has 2 rings (SSSR count). The summed E-state index contributed by atoms with van der Waals surface area (Å²) in [6, 6.07) is 7.96. The summed E-state index contributed by atoms with van der Waals surface area (Å²) >= 11 is 5.82.